The van der Waals surface area contributed by atoms with Crippen molar-refractivity contribution in [1.82, 2.24) is 0 Å². The van der Waals surface area contributed by atoms with E-state index in [-0.39, 0.29) is 5.41 Å². The van der Waals surface area contributed by atoms with E-state index >= 15 is 0 Å². The molecule has 0 fully saturated rings. The lowest BCUT2D eigenvalue weighted by Gasteiger charge is -2.24. The van der Waals surface area contributed by atoms with E-state index in [1.54, 1.807) is 0 Å². The van der Waals surface area contributed by atoms with Gasteiger partial charge in [0.25, 0.3) is 0 Å². The number of rotatable bonds is 7. The standard InChI is InChI=1S/C59H42S/c1-59(2)54-34-33-45(38-52(54)50-26-14-25-49(58(50)59)42-20-10-5-11-21-42)51(44-31-29-43(30-32-44)47-23-13-12-22-46(47)40-16-6-3-7-17-40)36-39-28-35-55-53(37-39)57-48(24-15-27-56(57)60-55)41-18-8-4-9-19-41/h3-38H,1-2H3/b51-36+. The van der Waals surface area contributed by atoms with Gasteiger partial charge in [0.05, 0.1) is 0 Å². The van der Waals surface area contributed by atoms with Crippen molar-refractivity contribution in [3.8, 4) is 55.6 Å². The Kier molecular flexibility index (Phi) is 8.80. The van der Waals surface area contributed by atoms with Gasteiger partial charge in [0.2, 0.25) is 0 Å². The fourth-order valence-corrected chi connectivity index (χ4v) is 10.8. The van der Waals surface area contributed by atoms with Gasteiger partial charge in [0.1, 0.15) is 0 Å². The maximum Gasteiger partial charge on any atom is 0.0361 e. The Morgan fingerprint density at radius 3 is 1.62 bits per heavy atom. The van der Waals surface area contributed by atoms with E-state index < -0.39 is 0 Å². The van der Waals surface area contributed by atoms with Crippen molar-refractivity contribution in [2.75, 3.05) is 0 Å². The molecule has 1 heterocycles. The van der Waals surface area contributed by atoms with E-state index in [0.29, 0.717) is 0 Å². The van der Waals surface area contributed by atoms with Crippen LogP contribution in [-0.2, 0) is 5.41 Å². The molecule has 1 aliphatic carbocycles. The van der Waals surface area contributed by atoms with Crippen molar-refractivity contribution < 1.29 is 0 Å². The zero-order valence-electron chi connectivity index (χ0n) is 33.7. The van der Waals surface area contributed by atoms with Gasteiger partial charge in [-0.25, -0.2) is 0 Å². The van der Waals surface area contributed by atoms with Crippen LogP contribution in [0.3, 0.4) is 0 Å². The average Bonchev–Trinajstić information content (AvgIpc) is 3.80. The van der Waals surface area contributed by atoms with E-state index in [2.05, 4.69) is 232 Å². The van der Waals surface area contributed by atoms with Gasteiger partial charge in [-0.2, -0.15) is 0 Å². The molecule has 10 aromatic rings. The normalized spacial score (nSPS) is 13.1. The third kappa shape index (κ3) is 6.13. The molecular formula is C59H42S. The molecule has 0 amide bonds. The summed E-state index contributed by atoms with van der Waals surface area (Å²) in [4.78, 5) is 0. The highest BCUT2D eigenvalue weighted by Crippen LogP contribution is 2.53. The van der Waals surface area contributed by atoms with E-state index in [1.807, 2.05) is 11.3 Å². The minimum atomic E-state index is -0.144. The van der Waals surface area contributed by atoms with Gasteiger partial charge in [-0.3, -0.25) is 0 Å². The Labute approximate surface area is 356 Å². The van der Waals surface area contributed by atoms with Gasteiger partial charge in [-0.05, 0) is 119 Å². The van der Waals surface area contributed by atoms with Gasteiger partial charge in [0, 0.05) is 25.6 Å². The summed E-state index contributed by atoms with van der Waals surface area (Å²) < 4.78 is 2.62. The first-order valence-electron chi connectivity index (χ1n) is 20.8. The average molecular weight is 783 g/mol. The zero-order valence-corrected chi connectivity index (χ0v) is 34.5. The maximum atomic E-state index is 2.45. The third-order valence-electron chi connectivity index (χ3n) is 12.5. The molecule has 0 unspecified atom stereocenters. The monoisotopic (exact) mass is 782 g/mol. The highest BCUT2D eigenvalue weighted by Gasteiger charge is 2.37. The van der Waals surface area contributed by atoms with E-state index in [4.69, 9.17) is 0 Å². The number of hydrogen-bond acceptors (Lipinski definition) is 1. The molecule has 60 heavy (non-hydrogen) atoms. The molecule has 9 aromatic carbocycles. The first kappa shape index (κ1) is 36.1. The van der Waals surface area contributed by atoms with Crippen molar-refractivity contribution in [3.05, 3.63) is 240 Å². The van der Waals surface area contributed by atoms with Gasteiger partial charge in [-0.1, -0.05) is 202 Å². The van der Waals surface area contributed by atoms with Gasteiger partial charge in [0.15, 0.2) is 0 Å². The topological polar surface area (TPSA) is 0 Å². The molecule has 1 aliphatic rings. The van der Waals surface area contributed by atoms with E-state index in [0.717, 1.165) is 0 Å². The van der Waals surface area contributed by atoms with Crippen molar-refractivity contribution >= 4 is 43.2 Å². The maximum absolute atomic E-state index is 2.45. The number of benzene rings is 9. The quantitative estimate of drug-likeness (QED) is 0.141. The molecule has 0 saturated carbocycles. The molecule has 0 saturated heterocycles. The molecule has 284 valence electrons. The zero-order chi connectivity index (χ0) is 40.2. The summed E-state index contributed by atoms with van der Waals surface area (Å²) in [5.41, 5.74) is 20.0. The summed E-state index contributed by atoms with van der Waals surface area (Å²) in [6.07, 6.45) is 2.41. The first-order valence-corrected chi connectivity index (χ1v) is 21.6. The minimum absolute atomic E-state index is 0.144. The summed E-state index contributed by atoms with van der Waals surface area (Å²) in [7, 11) is 0. The number of hydrogen-bond donors (Lipinski definition) is 0. The molecule has 0 atom stereocenters. The molecule has 1 heteroatoms. The Morgan fingerprint density at radius 2 is 0.933 bits per heavy atom. The smallest absolute Gasteiger partial charge is 0.0361 e. The van der Waals surface area contributed by atoms with Crippen LogP contribution in [0.1, 0.15) is 41.7 Å². The largest absolute Gasteiger partial charge is 0.135 e. The molecule has 0 spiro atoms. The molecule has 11 rings (SSSR count). The molecular weight excluding hydrogens is 741 g/mol. The predicted molar refractivity (Wildman–Crippen MR) is 258 cm³/mol. The molecule has 0 nitrogen and oxygen atoms in total. The molecule has 0 N–H and O–H groups in total. The van der Waals surface area contributed by atoms with Crippen molar-refractivity contribution in [1.29, 1.82) is 0 Å². The van der Waals surface area contributed by atoms with Crippen LogP contribution in [0.15, 0.2) is 212 Å². The first-order chi connectivity index (χ1) is 29.5. The lowest BCUT2D eigenvalue weighted by molar-refractivity contribution is 0.662. The highest BCUT2D eigenvalue weighted by molar-refractivity contribution is 7.26. The molecule has 0 bridgehead atoms. The van der Waals surface area contributed by atoms with Crippen LogP contribution in [0, 0.1) is 0 Å². The van der Waals surface area contributed by atoms with Crippen LogP contribution in [0.5, 0.6) is 0 Å². The second-order valence-electron chi connectivity index (χ2n) is 16.4. The lowest BCUT2D eigenvalue weighted by Crippen LogP contribution is -2.16. The van der Waals surface area contributed by atoms with Crippen LogP contribution < -0.4 is 0 Å². The van der Waals surface area contributed by atoms with E-state index in [9.17, 15) is 0 Å². The van der Waals surface area contributed by atoms with Gasteiger partial charge >= 0.3 is 0 Å². The number of thiophene rings is 1. The van der Waals surface area contributed by atoms with Crippen molar-refractivity contribution in [2.24, 2.45) is 0 Å². The molecule has 0 aliphatic heterocycles. The lowest BCUT2D eigenvalue weighted by atomic mass is 9.78. The Bertz CT molecular complexity index is 3240. The Balaban J connectivity index is 1.08. The van der Waals surface area contributed by atoms with Crippen molar-refractivity contribution in [2.45, 2.75) is 19.3 Å². The fourth-order valence-electron chi connectivity index (χ4n) is 9.65. The van der Waals surface area contributed by atoms with Crippen LogP contribution >= 0.6 is 11.3 Å². The Hall–Kier alpha value is -7.06. The summed E-state index contributed by atoms with van der Waals surface area (Å²) in [6, 6.07) is 78.1. The fraction of sp³-hybridized carbons (Fsp3) is 0.0508. The van der Waals surface area contributed by atoms with Gasteiger partial charge in [-0.15, -0.1) is 11.3 Å². The second-order valence-corrected chi connectivity index (χ2v) is 17.5. The Morgan fingerprint density at radius 1 is 0.400 bits per heavy atom. The highest BCUT2D eigenvalue weighted by atomic mass is 32.1. The minimum Gasteiger partial charge on any atom is -0.135 e. The molecule has 0 radical (unpaired) electrons. The van der Waals surface area contributed by atoms with Gasteiger partial charge < -0.3 is 0 Å². The summed E-state index contributed by atoms with van der Waals surface area (Å²) in [5, 5.41) is 2.63. The van der Waals surface area contributed by atoms with Crippen molar-refractivity contribution in [3.63, 3.8) is 0 Å². The van der Waals surface area contributed by atoms with E-state index in [1.165, 1.54) is 109 Å². The third-order valence-corrected chi connectivity index (χ3v) is 13.6. The second kappa shape index (κ2) is 14.6. The predicted octanol–water partition coefficient (Wildman–Crippen LogP) is 16.6. The summed E-state index contributed by atoms with van der Waals surface area (Å²) in [5.74, 6) is 0. The molecule has 1 aromatic heterocycles. The summed E-state index contributed by atoms with van der Waals surface area (Å²) in [6.45, 7) is 4.77. The van der Waals surface area contributed by atoms with Crippen LogP contribution in [0.4, 0.5) is 0 Å². The SMILES string of the molecule is CC1(C)c2ccc(/C(=C/c3ccc4sc5cccc(-c6ccccc6)c5c4c3)c3ccc(-c4ccccc4-c4ccccc4)cc3)cc2-c2cccc(-c3ccccc3)c21. The van der Waals surface area contributed by atoms with Crippen LogP contribution in [0.2, 0.25) is 0 Å². The number of fused-ring (bicyclic) bond motifs is 6. The van der Waals surface area contributed by atoms with Crippen LogP contribution in [0.25, 0.3) is 87.5 Å². The van der Waals surface area contributed by atoms with Crippen LogP contribution in [-0.4, -0.2) is 0 Å². The summed E-state index contributed by atoms with van der Waals surface area (Å²) >= 11 is 1.88.